The summed E-state index contributed by atoms with van der Waals surface area (Å²) in [7, 11) is 3.61. The SMILES string of the molecule is COc1c(N)ncnc1N(C)C(C)C1CC1. The molecule has 1 saturated carbocycles. The molecule has 0 amide bonds. The minimum Gasteiger partial charge on any atom is -0.490 e. The van der Waals surface area contributed by atoms with Gasteiger partial charge in [-0.2, -0.15) is 0 Å². The van der Waals surface area contributed by atoms with Gasteiger partial charge < -0.3 is 15.4 Å². The van der Waals surface area contributed by atoms with Crippen LogP contribution in [-0.4, -0.2) is 30.2 Å². The number of aromatic nitrogens is 2. The van der Waals surface area contributed by atoms with Crippen LogP contribution in [0.4, 0.5) is 11.6 Å². The van der Waals surface area contributed by atoms with E-state index in [0.717, 1.165) is 11.7 Å². The number of ether oxygens (including phenoxy) is 1. The van der Waals surface area contributed by atoms with E-state index in [-0.39, 0.29) is 0 Å². The van der Waals surface area contributed by atoms with E-state index in [0.29, 0.717) is 17.6 Å². The smallest absolute Gasteiger partial charge is 0.204 e. The quantitative estimate of drug-likeness (QED) is 0.832. The van der Waals surface area contributed by atoms with Gasteiger partial charge >= 0.3 is 0 Å². The normalized spacial score (nSPS) is 16.9. The second-order valence-electron chi connectivity index (χ2n) is 4.30. The van der Waals surface area contributed by atoms with E-state index >= 15 is 0 Å². The third-order valence-electron chi connectivity index (χ3n) is 3.27. The molecule has 1 atom stereocenters. The second kappa shape index (κ2) is 4.15. The standard InChI is InChI=1S/C11H18N4O/c1-7(8-4-5-8)15(2)11-9(16-3)10(12)13-6-14-11/h6-8H,4-5H2,1-3H3,(H2,12,13,14). The Balaban J connectivity index is 2.27. The van der Waals surface area contributed by atoms with Gasteiger partial charge in [-0.25, -0.2) is 9.97 Å². The molecule has 1 aromatic heterocycles. The molecule has 2 N–H and O–H groups in total. The second-order valence-corrected chi connectivity index (χ2v) is 4.30. The third kappa shape index (κ3) is 1.89. The van der Waals surface area contributed by atoms with Crippen molar-refractivity contribution in [3.05, 3.63) is 6.33 Å². The summed E-state index contributed by atoms with van der Waals surface area (Å²) in [6.07, 6.45) is 4.08. The third-order valence-corrected chi connectivity index (χ3v) is 3.27. The molecule has 0 radical (unpaired) electrons. The predicted molar refractivity (Wildman–Crippen MR) is 63.6 cm³/mol. The fourth-order valence-corrected chi connectivity index (χ4v) is 1.91. The Hall–Kier alpha value is -1.52. The summed E-state index contributed by atoms with van der Waals surface area (Å²) < 4.78 is 5.26. The van der Waals surface area contributed by atoms with Crippen LogP contribution in [0.5, 0.6) is 5.75 Å². The molecule has 0 aliphatic heterocycles. The van der Waals surface area contributed by atoms with Crippen LogP contribution < -0.4 is 15.4 Å². The van der Waals surface area contributed by atoms with Crippen molar-refractivity contribution in [3.8, 4) is 5.75 Å². The molecular weight excluding hydrogens is 204 g/mol. The number of rotatable bonds is 4. The van der Waals surface area contributed by atoms with Crippen LogP contribution in [0.1, 0.15) is 19.8 Å². The predicted octanol–water partition coefficient (Wildman–Crippen LogP) is 1.30. The summed E-state index contributed by atoms with van der Waals surface area (Å²) in [5, 5.41) is 0. The topological polar surface area (TPSA) is 64.3 Å². The van der Waals surface area contributed by atoms with Crippen LogP contribution in [0.2, 0.25) is 0 Å². The van der Waals surface area contributed by atoms with Crippen molar-refractivity contribution in [2.24, 2.45) is 5.92 Å². The van der Waals surface area contributed by atoms with Gasteiger partial charge in [-0.3, -0.25) is 0 Å². The van der Waals surface area contributed by atoms with Crippen molar-refractivity contribution in [2.75, 3.05) is 24.8 Å². The van der Waals surface area contributed by atoms with Crippen molar-refractivity contribution in [2.45, 2.75) is 25.8 Å². The molecule has 0 spiro atoms. The van der Waals surface area contributed by atoms with Crippen molar-refractivity contribution in [1.29, 1.82) is 0 Å². The average molecular weight is 222 g/mol. The largest absolute Gasteiger partial charge is 0.490 e. The molecule has 2 rings (SSSR count). The summed E-state index contributed by atoms with van der Waals surface area (Å²) in [6.45, 7) is 2.20. The number of nitrogens with two attached hydrogens (primary N) is 1. The summed E-state index contributed by atoms with van der Waals surface area (Å²) in [5.74, 6) is 2.50. The summed E-state index contributed by atoms with van der Waals surface area (Å²) in [4.78, 5) is 10.3. The highest BCUT2D eigenvalue weighted by Crippen LogP contribution is 2.38. The van der Waals surface area contributed by atoms with Gasteiger partial charge in [0.1, 0.15) is 6.33 Å². The van der Waals surface area contributed by atoms with Gasteiger partial charge in [0, 0.05) is 13.1 Å². The van der Waals surface area contributed by atoms with Gasteiger partial charge in [0.05, 0.1) is 7.11 Å². The first-order valence-corrected chi connectivity index (χ1v) is 5.52. The molecule has 5 nitrogen and oxygen atoms in total. The lowest BCUT2D eigenvalue weighted by Crippen LogP contribution is -2.31. The number of methoxy groups -OCH3 is 1. The van der Waals surface area contributed by atoms with E-state index in [9.17, 15) is 0 Å². The summed E-state index contributed by atoms with van der Waals surface area (Å²) >= 11 is 0. The maximum atomic E-state index is 5.76. The van der Waals surface area contributed by atoms with Gasteiger partial charge in [-0.15, -0.1) is 0 Å². The molecule has 1 heterocycles. The van der Waals surface area contributed by atoms with E-state index in [1.165, 1.54) is 19.2 Å². The zero-order chi connectivity index (χ0) is 11.7. The molecule has 5 heteroatoms. The highest BCUT2D eigenvalue weighted by molar-refractivity contribution is 5.62. The van der Waals surface area contributed by atoms with Crippen LogP contribution in [0.3, 0.4) is 0 Å². The van der Waals surface area contributed by atoms with Crippen LogP contribution >= 0.6 is 0 Å². The molecule has 88 valence electrons. The van der Waals surface area contributed by atoms with Crippen molar-refractivity contribution < 1.29 is 4.74 Å². The summed E-state index contributed by atoms with van der Waals surface area (Å²) in [5.41, 5.74) is 5.76. The molecular formula is C11H18N4O. The van der Waals surface area contributed by atoms with Crippen LogP contribution in [0.15, 0.2) is 6.33 Å². The van der Waals surface area contributed by atoms with E-state index < -0.39 is 0 Å². The Labute approximate surface area is 95.6 Å². The zero-order valence-electron chi connectivity index (χ0n) is 9.97. The van der Waals surface area contributed by atoms with E-state index in [2.05, 4.69) is 21.8 Å². The first kappa shape index (κ1) is 11.0. The first-order valence-electron chi connectivity index (χ1n) is 5.52. The fourth-order valence-electron chi connectivity index (χ4n) is 1.91. The molecule has 1 aliphatic rings. The van der Waals surface area contributed by atoms with E-state index in [1.807, 2.05) is 7.05 Å². The Kier molecular flexibility index (Phi) is 2.85. The Morgan fingerprint density at radius 2 is 2.19 bits per heavy atom. The van der Waals surface area contributed by atoms with E-state index in [4.69, 9.17) is 10.5 Å². The minimum atomic E-state index is 0.391. The van der Waals surface area contributed by atoms with Gasteiger partial charge in [-0.1, -0.05) is 0 Å². The fraction of sp³-hybridized carbons (Fsp3) is 0.636. The van der Waals surface area contributed by atoms with Crippen LogP contribution in [0, 0.1) is 5.92 Å². The van der Waals surface area contributed by atoms with Gasteiger partial charge in [0.25, 0.3) is 0 Å². The minimum absolute atomic E-state index is 0.391. The molecule has 0 saturated heterocycles. The van der Waals surface area contributed by atoms with Crippen LogP contribution in [-0.2, 0) is 0 Å². The van der Waals surface area contributed by atoms with E-state index in [1.54, 1.807) is 7.11 Å². The lowest BCUT2D eigenvalue weighted by atomic mass is 10.2. The Morgan fingerprint density at radius 1 is 1.50 bits per heavy atom. The maximum absolute atomic E-state index is 5.76. The van der Waals surface area contributed by atoms with Gasteiger partial charge in [0.2, 0.25) is 5.75 Å². The molecule has 1 unspecified atom stereocenters. The monoisotopic (exact) mass is 222 g/mol. The molecule has 0 aromatic carbocycles. The number of hydrogen-bond acceptors (Lipinski definition) is 5. The lowest BCUT2D eigenvalue weighted by molar-refractivity contribution is 0.411. The average Bonchev–Trinajstić information content (AvgIpc) is 3.10. The molecule has 1 fully saturated rings. The number of nitrogens with zero attached hydrogens (tertiary/aromatic N) is 3. The molecule has 1 aliphatic carbocycles. The molecule has 16 heavy (non-hydrogen) atoms. The molecule has 1 aromatic rings. The Morgan fingerprint density at radius 3 is 2.75 bits per heavy atom. The number of hydrogen-bond donors (Lipinski definition) is 1. The number of anilines is 2. The van der Waals surface area contributed by atoms with Crippen LogP contribution in [0.25, 0.3) is 0 Å². The van der Waals surface area contributed by atoms with Gasteiger partial charge in [0.15, 0.2) is 11.6 Å². The van der Waals surface area contributed by atoms with Crippen molar-refractivity contribution >= 4 is 11.6 Å². The van der Waals surface area contributed by atoms with Crippen molar-refractivity contribution in [3.63, 3.8) is 0 Å². The Bertz CT molecular complexity index is 378. The lowest BCUT2D eigenvalue weighted by Gasteiger charge is -2.27. The number of nitrogen functional groups attached to an aromatic ring is 1. The molecule has 0 bridgehead atoms. The highest BCUT2D eigenvalue weighted by atomic mass is 16.5. The maximum Gasteiger partial charge on any atom is 0.204 e. The first-order chi connectivity index (χ1) is 7.65. The van der Waals surface area contributed by atoms with Gasteiger partial charge in [-0.05, 0) is 25.7 Å². The summed E-state index contributed by atoms with van der Waals surface area (Å²) in [6, 6.07) is 0.461. The zero-order valence-corrected chi connectivity index (χ0v) is 9.97. The highest BCUT2D eigenvalue weighted by Gasteiger charge is 2.32. The van der Waals surface area contributed by atoms with Crippen molar-refractivity contribution in [1.82, 2.24) is 9.97 Å².